The van der Waals surface area contributed by atoms with Crippen molar-refractivity contribution in [3.05, 3.63) is 83.9 Å². The summed E-state index contributed by atoms with van der Waals surface area (Å²) in [5.41, 5.74) is 4.03. The first kappa shape index (κ1) is 24.8. The maximum absolute atomic E-state index is 12.9. The van der Waals surface area contributed by atoms with Gasteiger partial charge in [-0.05, 0) is 55.3 Å². The lowest BCUT2D eigenvalue weighted by molar-refractivity contribution is 0.102. The normalized spacial score (nSPS) is 10.4. The minimum absolute atomic E-state index is 0.263. The number of anilines is 4. The van der Waals surface area contributed by atoms with Gasteiger partial charge in [-0.25, -0.2) is 0 Å². The van der Waals surface area contributed by atoms with Gasteiger partial charge in [-0.15, -0.1) is 0 Å². The van der Waals surface area contributed by atoms with Gasteiger partial charge in [0.1, 0.15) is 0 Å². The summed E-state index contributed by atoms with van der Waals surface area (Å²) in [6, 6.07) is 22.0. The smallest absolute Gasteiger partial charge is 0.255 e. The number of hydrogen-bond donors (Lipinski definition) is 4. The molecular formula is C28H34N4O2. The third kappa shape index (κ3) is 7.10. The fourth-order valence-electron chi connectivity index (χ4n) is 3.48. The molecule has 0 saturated carbocycles. The van der Waals surface area contributed by atoms with Crippen molar-refractivity contribution < 1.29 is 9.59 Å². The molecule has 0 aliphatic heterocycles. The second-order valence-corrected chi connectivity index (χ2v) is 8.14. The predicted octanol–water partition coefficient (Wildman–Crippen LogP) is 6.62. The molecule has 0 aromatic heterocycles. The Hall–Kier alpha value is -3.80. The zero-order valence-corrected chi connectivity index (χ0v) is 20.0. The van der Waals surface area contributed by atoms with Gasteiger partial charge in [0.2, 0.25) is 0 Å². The molecule has 0 radical (unpaired) electrons. The lowest BCUT2D eigenvalue weighted by Crippen LogP contribution is -2.17. The van der Waals surface area contributed by atoms with Crippen molar-refractivity contribution in [3.8, 4) is 0 Å². The predicted molar refractivity (Wildman–Crippen MR) is 142 cm³/mol. The molecule has 4 N–H and O–H groups in total. The van der Waals surface area contributed by atoms with Gasteiger partial charge in [0, 0.05) is 24.2 Å². The number of benzene rings is 3. The molecule has 178 valence electrons. The van der Waals surface area contributed by atoms with Crippen molar-refractivity contribution in [1.29, 1.82) is 0 Å². The number of hydrogen-bond acceptors (Lipinski definition) is 4. The van der Waals surface area contributed by atoms with Crippen LogP contribution < -0.4 is 21.3 Å². The van der Waals surface area contributed by atoms with E-state index in [9.17, 15) is 9.59 Å². The van der Waals surface area contributed by atoms with E-state index in [0.717, 1.165) is 50.1 Å². The Balaban J connectivity index is 1.70. The second-order valence-electron chi connectivity index (χ2n) is 8.14. The third-order valence-electron chi connectivity index (χ3n) is 5.43. The Kier molecular flexibility index (Phi) is 9.52. The van der Waals surface area contributed by atoms with Crippen LogP contribution in [0.1, 0.15) is 60.2 Å². The number of carbonyl (C=O) groups is 2. The van der Waals surface area contributed by atoms with E-state index in [0.29, 0.717) is 22.5 Å². The second kappa shape index (κ2) is 13.0. The Bertz CT molecular complexity index is 1010. The zero-order chi connectivity index (χ0) is 24.2. The third-order valence-corrected chi connectivity index (χ3v) is 5.43. The van der Waals surface area contributed by atoms with Crippen LogP contribution in [-0.2, 0) is 0 Å². The van der Waals surface area contributed by atoms with Crippen LogP contribution in [-0.4, -0.2) is 24.9 Å². The minimum Gasteiger partial charge on any atom is -0.383 e. The average Bonchev–Trinajstić information content (AvgIpc) is 2.86. The van der Waals surface area contributed by atoms with E-state index >= 15 is 0 Å². The van der Waals surface area contributed by atoms with Crippen LogP contribution in [0.15, 0.2) is 72.8 Å². The topological polar surface area (TPSA) is 82.3 Å². The molecule has 0 aliphatic carbocycles. The standard InChI is InChI=1S/C28H34N4O2/c1-3-5-18-29-23-14-7-9-16-25(23)31-27(33)21-12-11-13-22(20-21)28(34)32-26-17-10-8-15-24(26)30-19-6-4-2/h7-17,20,29-30H,3-6,18-19H2,1-2H3,(H,31,33)(H,32,34). The Morgan fingerprint density at radius 3 is 1.41 bits per heavy atom. The lowest BCUT2D eigenvalue weighted by Gasteiger charge is -2.14. The number of rotatable bonds is 12. The van der Waals surface area contributed by atoms with Crippen LogP contribution in [0.2, 0.25) is 0 Å². The van der Waals surface area contributed by atoms with Gasteiger partial charge in [0.25, 0.3) is 11.8 Å². The van der Waals surface area contributed by atoms with Gasteiger partial charge < -0.3 is 21.3 Å². The number of amides is 2. The molecule has 0 aliphatic rings. The molecule has 2 amide bonds. The highest BCUT2D eigenvalue weighted by molar-refractivity contribution is 6.10. The molecule has 0 fully saturated rings. The van der Waals surface area contributed by atoms with Crippen molar-refractivity contribution in [1.82, 2.24) is 0 Å². The van der Waals surface area contributed by atoms with E-state index in [4.69, 9.17) is 0 Å². The van der Waals surface area contributed by atoms with Gasteiger partial charge in [0.15, 0.2) is 0 Å². The fraction of sp³-hybridized carbons (Fsp3) is 0.286. The summed E-state index contributed by atoms with van der Waals surface area (Å²) in [7, 11) is 0. The van der Waals surface area contributed by atoms with Crippen molar-refractivity contribution in [2.75, 3.05) is 34.4 Å². The van der Waals surface area contributed by atoms with Crippen LogP contribution >= 0.6 is 0 Å². The Labute approximate surface area is 202 Å². The number of para-hydroxylation sites is 4. The fourth-order valence-corrected chi connectivity index (χ4v) is 3.48. The molecule has 3 rings (SSSR count). The van der Waals surface area contributed by atoms with Gasteiger partial charge in [-0.3, -0.25) is 9.59 Å². The maximum Gasteiger partial charge on any atom is 0.255 e. The van der Waals surface area contributed by atoms with Crippen LogP contribution in [0, 0.1) is 0 Å². The van der Waals surface area contributed by atoms with Crippen molar-refractivity contribution in [2.45, 2.75) is 39.5 Å². The van der Waals surface area contributed by atoms with Crippen LogP contribution in [0.3, 0.4) is 0 Å². The number of nitrogens with one attached hydrogen (secondary N) is 4. The van der Waals surface area contributed by atoms with Crippen LogP contribution in [0.5, 0.6) is 0 Å². The highest BCUT2D eigenvalue weighted by atomic mass is 16.2. The SMILES string of the molecule is CCCCNc1ccccc1NC(=O)c1cccc(C(=O)Nc2ccccc2NCCCC)c1. The molecule has 3 aromatic carbocycles. The van der Waals surface area contributed by atoms with E-state index in [1.165, 1.54) is 0 Å². The monoisotopic (exact) mass is 458 g/mol. The summed E-state index contributed by atoms with van der Waals surface area (Å²) in [5, 5.41) is 12.7. The minimum atomic E-state index is -0.263. The maximum atomic E-state index is 12.9. The summed E-state index contributed by atoms with van der Waals surface area (Å²) in [6.07, 6.45) is 4.29. The Morgan fingerprint density at radius 1 is 0.588 bits per heavy atom. The van der Waals surface area contributed by atoms with Gasteiger partial charge in [0.05, 0.1) is 22.7 Å². The summed E-state index contributed by atoms with van der Waals surface area (Å²) in [6.45, 7) is 5.96. The summed E-state index contributed by atoms with van der Waals surface area (Å²) >= 11 is 0. The largest absolute Gasteiger partial charge is 0.383 e. The molecule has 34 heavy (non-hydrogen) atoms. The zero-order valence-electron chi connectivity index (χ0n) is 20.0. The lowest BCUT2D eigenvalue weighted by atomic mass is 10.1. The quantitative estimate of drug-likeness (QED) is 0.230. The van der Waals surface area contributed by atoms with Crippen molar-refractivity contribution in [3.63, 3.8) is 0 Å². The first-order valence-corrected chi connectivity index (χ1v) is 12.0. The van der Waals surface area contributed by atoms with E-state index in [1.807, 2.05) is 48.5 Å². The molecule has 0 heterocycles. The first-order chi connectivity index (χ1) is 16.6. The molecule has 0 atom stereocenters. The number of carbonyl (C=O) groups excluding carboxylic acids is 2. The van der Waals surface area contributed by atoms with Crippen LogP contribution in [0.25, 0.3) is 0 Å². The van der Waals surface area contributed by atoms with E-state index in [1.54, 1.807) is 24.3 Å². The first-order valence-electron chi connectivity index (χ1n) is 12.0. The number of unbranched alkanes of at least 4 members (excludes halogenated alkanes) is 2. The average molecular weight is 459 g/mol. The molecule has 0 bridgehead atoms. The molecule has 0 unspecified atom stereocenters. The van der Waals surface area contributed by atoms with E-state index < -0.39 is 0 Å². The molecule has 0 saturated heterocycles. The highest BCUT2D eigenvalue weighted by Gasteiger charge is 2.13. The van der Waals surface area contributed by atoms with E-state index in [2.05, 4.69) is 35.1 Å². The van der Waals surface area contributed by atoms with Gasteiger partial charge in [-0.1, -0.05) is 57.0 Å². The summed E-state index contributed by atoms with van der Waals surface area (Å²) < 4.78 is 0. The Morgan fingerprint density at radius 2 is 1.00 bits per heavy atom. The van der Waals surface area contributed by atoms with Crippen molar-refractivity contribution in [2.24, 2.45) is 0 Å². The van der Waals surface area contributed by atoms with Gasteiger partial charge in [-0.2, -0.15) is 0 Å². The summed E-state index contributed by atoms with van der Waals surface area (Å²) in [5.74, 6) is -0.526. The molecule has 6 heteroatoms. The highest BCUT2D eigenvalue weighted by Crippen LogP contribution is 2.23. The molecular weight excluding hydrogens is 424 g/mol. The summed E-state index contributed by atoms with van der Waals surface area (Å²) in [4.78, 5) is 25.9. The molecule has 3 aromatic rings. The molecule has 6 nitrogen and oxygen atoms in total. The van der Waals surface area contributed by atoms with Crippen molar-refractivity contribution >= 4 is 34.6 Å². The van der Waals surface area contributed by atoms with Gasteiger partial charge >= 0.3 is 0 Å². The van der Waals surface area contributed by atoms with Crippen LogP contribution in [0.4, 0.5) is 22.7 Å². The molecule has 0 spiro atoms. The van der Waals surface area contributed by atoms with E-state index in [-0.39, 0.29) is 11.8 Å².